The van der Waals surface area contributed by atoms with Gasteiger partial charge in [-0.2, -0.15) is 0 Å². The SMILES string of the molecule is COC1CC(NS(=O)(=O)c2ccc(F)cc2Br)C1. The van der Waals surface area contributed by atoms with Crippen molar-refractivity contribution in [1.82, 2.24) is 4.72 Å². The zero-order chi connectivity index (χ0) is 13.3. The van der Waals surface area contributed by atoms with Crippen LogP contribution in [-0.2, 0) is 14.8 Å². The van der Waals surface area contributed by atoms with Crippen molar-refractivity contribution in [3.8, 4) is 0 Å². The Morgan fingerprint density at radius 3 is 2.67 bits per heavy atom. The molecule has 0 aliphatic heterocycles. The molecule has 1 aliphatic rings. The molecule has 0 unspecified atom stereocenters. The van der Waals surface area contributed by atoms with Crippen LogP contribution < -0.4 is 4.72 Å². The quantitative estimate of drug-likeness (QED) is 0.914. The van der Waals surface area contributed by atoms with Crippen molar-refractivity contribution >= 4 is 26.0 Å². The summed E-state index contributed by atoms with van der Waals surface area (Å²) in [5.74, 6) is -0.482. The summed E-state index contributed by atoms with van der Waals surface area (Å²) in [6.45, 7) is 0. The Bertz CT molecular complexity index is 543. The van der Waals surface area contributed by atoms with Gasteiger partial charge in [0, 0.05) is 17.6 Å². The number of rotatable bonds is 4. The van der Waals surface area contributed by atoms with E-state index in [2.05, 4.69) is 20.7 Å². The normalized spacial score (nSPS) is 23.7. The topological polar surface area (TPSA) is 55.4 Å². The first-order valence-corrected chi connectivity index (χ1v) is 7.70. The second kappa shape index (κ2) is 5.24. The lowest BCUT2D eigenvalue weighted by Gasteiger charge is -2.34. The second-order valence-electron chi connectivity index (χ2n) is 4.22. The number of nitrogens with one attached hydrogen (secondary N) is 1. The number of sulfonamides is 1. The van der Waals surface area contributed by atoms with Crippen molar-refractivity contribution in [3.05, 3.63) is 28.5 Å². The lowest BCUT2D eigenvalue weighted by Crippen LogP contribution is -2.47. The van der Waals surface area contributed by atoms with E-state index in [0.717, 1.165) is 12.1 Å². The van der Waals surface area contributed by atoms with Crippen molar-refractivity contribution < 1.29 is 17.5 Å². The number of hydrogen-bond donors (Lipinski definition) is 1. The van der Waals surface area contributed by atoms with Gasteiger partial charge in [0.05, 0.1) is 11.0 Å². The van der Waals surface area contributed by atoms with Gasteiger partial charge in [0.25, 0.3) is 0 Å². The van der Waals surface area contributed by atoms with Gasteiger partial charge in [-0.15, -0.1) is 0 Å². The van der Waals surface area contributed by atoms with Crippen LogP contribution in [0.15, 0.2) is 27.6 Å². The summed E-state index contributed by atoms with van der Waals surface area (Å²) >= 11 is 3.05. The van der Waals surface area contributed by atoms with Gasteiger partial charge in [0.1, 0.15) is 5.82 Å². The molecule has 4 nitrogen and oxygen atoms in total. The Labute approximate surface area is 114 Å². The van der Waals surface area contributed by atoms with Crippen LogP contribution in [0, 0.1) is 5.82 Å². The summed E-state index contributed by atoms with van der Waals surface area (Å²) < 4.78 is 44.9. The largest absolute Gasteiger partial charge is 0.381 e. The van der Waals surface area contributed by atoms with Gasteiger partial charge in [-0.1, -0.05) is 0 Å². The minimum absolute atomic E-state index is 0.0461. The Morgan fingerprint density at radius 2 is 2.11 bits per heavy atom. The highest BCUT2D eigenvalue weighted by molar-refractivity contribution is 9.10. The van der Waals surface area contributed by atoms with E-state index >= 15 is 0 Å². The molecule has 1 aromatic rings. The monoisotopic (exact) mass is 337 g/mol. The predicted molar refractivity (Wildman–Crippen MR) is 68.2 cm³/mol. The minimum Gasteiger partial charge on any atom is -0.381 e. The molecule has 1 aliphatic carbocycles. The summed E-state index contributed by atoms with van der Waals surface area (Å²) in [7, 11) is -2.02. The zero-order valence-corrected chi connectivity index (χ0v) is 12.1. The number of ether oxygens (including phenoxy) is 1. The third-order valence-corrected chi connectivity index (χ3v) is 5.43. The first-order valence-electron chi connectivity index (χ1n) is 5.42. The molecule has 100 valence electrons. The maximum atomic E-state index is 12.9. The highest BCUT2D eigenvalue weighted by Gasteiger charge is 2.33. The van der Waals surface area contributed by atoms with E-state index in [-0.39, 0.29) is 21.5 Å². The van der Waals surface area contributed by atoms with Gasteiger partial charge in [-0.25, -0.2) is 17.5 Å². The lowest BCUT2D eigenvalue weighted by molar-refractivity contribution is 0.0236. The summed E-state index contributed by atoms with van der Waals surface area (Å²) in [6, 6.07) is 3.39. The van der Waals surface area contributed by atoms with E-state index in [4.69, 9.17) is 4.74 Å². The Kier molecular flexibility index (Phi) is 4.05. The summed E-state index contributed by atoms with van der Waals surface area (Å²) in [5, 5.41) is 0. The fraction of sp³-hybridized carbons (Fsp3) is 0.455. The molecule has 0 atom stereocenters. The van der Waals surface area contributed by atoms with Gasteiger partial charge in [0.2, 0.25) is 10.0 Å². The van der Waals surface area contributed by atoms with Crippen LogP contribution in [0.2, 0.25) is 0 Å². The number of halogens is 2. The van der Waals surface area contributed by atoms with Crippen LogP contribution in [0.4, 0.5) is 4.39 Å². The lowest BCUT2D eigenvalue weighted by atomic mass is 9.90. The highest BCUT2D eigenvalue weighted by Crippen LogP contribution is 2.27. The van der Waals surface area contributed by atoms with Crippen LogP contribution in [-0.4, -0.2) is 27.7 Å². The Balaban J connectivity index is 2.11. The van der Waals surface area contributed by atoms with E-state index in [1.807, 2.05) is 0 Å². The van der Waals surface area contributed by atoms with Gasteiger partial charge in [0.15, 0.2) is 0 Å². The Morgan fingerprint density at radius 1 is 1.44 bits per heavy atom. The Hall–Kier alpha value is -0.500. The average Bonchev–Trinajstić information content (AvgIpc) is 2.22. The fourth-order valence-corrected chi connectivity index (χ4v) is 4.14. The average molecular weight is 338 g/mol. The van der Waals surface area contributed by atoms with Crippen molar-refractivity contribution in [1.29, 1.82) is 0 Å². The molecule has 2 rings (SSSR count). The third-order valence-electron chi connectivity index (χ3n) is 2.93. The van der Waals surface area contributed by atoms with Gasteiger partial charge < -0.3 is 4.74 Å². The molecular formula is C11H13BrFNO3S. The van der Waals surface area contributed by atoms with Crippen LogP contribution in [0.3, 0.4) is 0 Å². The van der Waals surface area contributed by atoms with Crippen molar-refractivity contribution in [2.45, 2.75) is 29.9 Å². The second-order valence-corrected chi connectivity index (χ2v) is 6.76. The molecule has 0 amide bonds. The molecule has 0 spiro atoms. The molecule has 0 saturated heterocycles. The molecule has 7 heteroatoms. The molecule has 1 fully saturated rings. The summed E-state index contributed by atoms with van der Waals surface area (Å²) in [5.41, 5.74) is 0. The van der Waals surface area contributed by atoms with E-state index in [9.17, 15) is 12.8 Å². The van der Waals surface area contributed by atoms with Crippen molar-refractivity contribution in [3.63, 3.8) is 0 Å². The number of hydrogen-bond acceptors (Lipinski definition) is 3. The zero-order valence-electron chi connectivity index (χ0n) is 9.69. The minimum atomic E-state index is -3.62. The van der Waals surface area contributed by atoms with Crippen LogP contribution in [0.25, 0.3) is 0 Å². The van der Waals surface area contributed by atoms with Crippen LogP contribution >= 0.6 is 15.9 Å². The van der Waals surface area contributed by atoms with Gasteiger partial charge in [-0.05, 0) is 47.0 Å². The fourth-order valence-electron chi connectivity index (χ4n) is 1.83. The van der Waals surface area contributed by atoms with Crippen LogP contribution in [0.1, 0.15) is 12.8 Å². The maximum absolute atomic E-state index is 12.9. The number of methoxy groups -OCH3 is 1. The standard InChI is InChI=1S/C11H13BrFNO3S/c1-17-9-5-8(6-9)14-18(15,16)11-3-2-7(13)4-10(11)12/h2-4,8-9,14H,5-6H2,1H3. The molecule has 0 bridgehead atoms. The molecule has 1 aromatic carbocycles. The highest BCUT2D eigenvalue weighted by atomic mass is 79.9. The van der Waals surface area contributed by atoms with E-state index in [1.165, 1.54) is 6.07 Å². The number of benzene rings is 1. The maximum Gasteiger partial charge on any atom is 0.241 e. The molecule has 1 N–H and O–H groups in total. The van der Waals surface area contributed by atoms with E-state index < -0.39 is 15.8 Å². The molecular weight excluding hydrogens is 325 g/mol. The molecule has 18 heavy (non-hydrogen) atoms. The smallest absolute Gasteiger partial charge is 0.241 e. The third kappa shape index (κ3) is 2.90. The first-order chi connectivity index (χ1) is 8.42. The molecule has 0 heterocycles. The van der Waals surface area contributed by atoms with Gasteiger partial charge in [-0.3, -0.25) is 0 Å². The van der Waals surface area contributed by atoms with Crippen molar-refractivity contribution in [2.75, 3.05) is 7.11 Å². The molecule has 1 saturated carbocycles. The van der Waals surface area contributed by atoms with Gasteiger partial charge >= 0.3 is 0 Å². The van der Waals surface area contributed by atoms with E-state index in [0.29, 0.717) is 12.8 Å². The van der Waals surface area contributed by atoms with Crippen molar-refractivity contribution in [2.24, 2.45) is 0 Å². The summed E-state index contributed by atoms with van der Waals surface area (Å²) in [4.78, 5) is 0.0461. The first kappa shape index (κ1) is 13.9. The summed E-state index contributed by atoms with van der Waals surface area (Å²) in [6.07, 6.45) is 1.44. The molecule has 0 radical (unpaired) electrons. The van der Waals surface area contributed by atoms with E-state index in [1.54, 1.807) is 7.11 Å². The molecule has 0 aromatic heterocycles. The predicted octanol–water partition coefficient (Wildman–Crippen LogP) is 2.04. The van der Waals surface area contributed by atoms with Crippen LogP contribution in [0.5, 0.6) is 0 Å².